The number of hydrogen-bond acceptors (Lipinski definition) is 2. The number of aryl methyl sites for hydroxylation is 1. The first-order valence-corrected chi connectivity index (χ1v) is 7.36. The minimum Gasteiger partial charge on any atom is -0.370 e. The van der Waals surface area contributed by atoms with Gasteiger partial charge in [-0.3, -0.25) is 4.79 Å². The van der Waals surface area contributed by atoms with E-state index >= 15 is 0 Å². The minimum absolute atomic E-state index is 0.355. The molecule has 3 rings (SSSR count). The summed E-state index contributed by atoms with van der Waals surface area (Å²) in [6, 6.07) is 15.6. The molecule has 3 N–H and O–H groups in total. The quantitative estimate of drug-likeness (QED) is 0.880. The maximum Gasteiger partial charge on any atom is 0.244 e. The molecule has 0 saturated heterocycles. The first kappa shape index (κ1) is 13.7. The Kier molecular flexibility index (Phi) is 3.65. The van der Waals surface area contributed by atoms with Gasteiger partial charge in [-0.15, -0.1) is 0 Å². The second-order valence-electron chi connectivity index (χ2n) is 5.74. The van der Waals surface area contributed by atoms with E-state index in [0.29, 0.717) is 5.92 Å². The van der Waals surface area contributed by atoms with Gasteiger partial charge in [-0.25, -0.2) is 0 Å². The first-order chi connectivity index (χ1) is 10.1. The Hall–Kier alpha value is -2.29. The Morgan fingerprint density at radius 1 is 1.19 bits per heavy atom. The monoisotopic (exact) mass is 280 g/mol. The molecule has 0 aromatic heterocycles. The van der Waals surface area contributed by atoms with Crippen LogP contribution in [-0.2, 0) is 4.79 Å². The van der Waals surface area contributed by atoms with Crippen LogP contribution in [-0.4, -0.2) is 5.91 Å². The number of anilines is 1. The summed E-state index contributed by atoms with van der Waals surface area (Å²) < 4.78 is 0. The van der Waals surface area contributed by atoms with Crippen molar-refractivity contribution in [2.75, 3.05) is 5.32 Å². The van der Waals surface area contributed by atoms with Crippen LogP contribution in [0.25, 0.3) is 0 Å². The predicted octanol–water partition coefficient (Wildman–Crippen LogP) is 3.51. The van der Waals surface area contributed by atoms with E-state index in [4.69, 9.17) is 5.73 Å². The number of primary amides is 1. The van der Waals surface area contributed by atoms with Crippen LogP contribution in [0.2, 0.25) is 0 Å². The van der Waals surface area contributed by atoms with Gasteiger partial charge in [0, 0.05) is 5.69 Å². The molecular weight excluding hydrogens is 260 g/mol. The van der Waals surface area contributed by atoms with Gasteiger partial charge < -0.3 is 11.1 Å². The van der Waals surface area contributed by atoms with Gasteiger partial charge in [-0.2, -0.15) is 0 Å². The third-order valence-electron chi connectivity index (χ3n) is 4.02. The number of amides is 1. The fourth-order valence-electron chi connectivity index (χ4n) is 2.62. The van der Waals surface area contributed by atoms with Gasteiger partial charge in [0.15, 0.2) is 0 Å². The van der Waals surface area contributed by atoms with E-state index < -0.39 is 6.04 Å². The smallest absolute Gasteiger partial charge is 0.244 e. The number of benzene rings is 2. The molecule has 2 aromatic carbocycles. The fourth-order valence-corrected chi connectivity index (χ4v) is 2.62. The van der Waals surface area contributed by atoms with Gasteiger partial charge in [0.2, 0.25) is 5.91 Å². The molecular formula is C18H20N2O. The van der Waals surface area contributed by atoms with Gasteiger partial charge in [-0.05, 0) is 48.4 Å². The van der Waals surface area contributed by atoms with Crippen molar-refractivity contribution in [3.05, 3.63) is 65.2 Å². The summed E-state index contributed by atoms with van der Waals surface area (Å²) in [6.45, 7) is 2.01. The van der Waals surface area contributed by atoms with Crippen LogP contribution >= 0.6 is 0 Å². The Morgan fingerprint density at radius 2 is 1.95 bits per heavy atom. The lowest BCUT2D eigenvalue weighted by atomic mass is 10.0. The molecule has 1 fully saturated rings. The normalized spacial score (nSPS) is 15.5. The molecule has 0 heterocycles. The molecule has 0 aliphatic heterocycles. The molecule has 108 valence electrons. The number of nitrogens with two attached hydrogens (primary N) is 1. The summed E-state index contributed by atoms with van der Waals surface area (Å²) in [5.41, 5.74) is 9.90. The summed E-state index contributed by atoms with van der Waals surface area (Å²) in [5, 5.41) is 3.28. The number of para-hydroxylation sites is 1. The van der Waals surface area contributed by atoms with Crippen molar-refractivity contribution in [1.29, 1.82) is 0 Å². The van der Waals surface area contributed by atoms with Crippen LogP contribution < -0.4 is 11.1 Å². The van der Waals surface area contributed by atoms with Gasteiger partial charge in [0.25, 0.3) is 0 Å². The predicted molar refractivity (Wildman–Crippen MR) is 85.2 cm³/mol. The van der Waals surface area contributed by atoms with Crippen molar-refractivity contribution in [2.45, 2.75) is 31.7 Å². The minimum atomic E-state index is -0.496. The highest BCUT2D eigenvalue weighted by Crippen LogP contribution is 2.40. The third kappa shape index (κ3) is 3.07. The molecule has 1 saturated carbocycles. The first-order valence-electron chi connectivity index (χ1n) is 7.36. The number of rotatable bonds is 5. The van der Waals surface area contributed by atoms with Crippen molar-refractivity contribution < 1.29 is 4.79 Å². The number of hydrogen-bond donors (Lipinski definition) is 2. The zero-order chi connectivity index (χ0) is 14.8. The second kappa shape index (κ2) is 5.60. The zero-order valence-corrected chi connectivity index (χ0v) is 12.2. The van der Waals surface area contributed by atoms with Crippen LogP contribution in [0.15, 0.2) is 48.5 Å². The Balaban J connectivity index is 1.89. The van der Waals surface area contributed by atoms with E-state index in [9.17, 15) is 4.79 Å². The second-order valence-corrected chi connectivity index (χ2v) is 5.74. The van der Waals surface area contributed by atoms with E-state index in [0.717, 1.165) is 16.8 Å². The van der Waals surface area contributed by atoms with Crippen LogP contribution in [0.5, 0.6) is 0 Å². The third-order valence-corrected chi connectivity index (χ3v) is 4.02. The van der Waals surface area contributed by atoms with Gasteiger partial charge in [0.05, 0.1) is 0 Å². The highest BCUT2D eigenvalue weighted by atomic mass is 16.1. The molecule has 1 aliphatic rings. The van der Waals surface area contributed by atoms with Crippen LogP contribution in [0.3, 0.4) is 0 Å². The zero-order valence-electron chi connectivity index (χ0n) is 12.2. The molecule has 1 atom stereocenters. The molecule has 0 bridgehead atoms. The van der Waals surface area contributed by atoms with Crippen LogP contribution in [0, 0.1) is 6.92 Å². The molecule has 1 unspecified atom stereocenters. The average Bonchev–Trinajstić information content (AvgIpc) is 3.31. The van der Waals surface area contributed by atoms with Gasteiger partial charge in [0.1, 0.15) is 6.04 Å². The largest absolute Gasteiger partial charge is 0.370 e. The topological polar surface area (TPSA) is 55.1 Å². The number of carbonyl (C=O) groups is 1. The molecule has 1 aliphatic carbocycles. The summed E-state index contributed by atoms with van der Waals surface area (Å²) in [6.07, 6.45) is 2.49. The molecule has 3 nitrogen and oxygen atoms in total. The van der Waals surface area contributed by atoms with Crippen molar-refractivity contribution in [2.24, 2.45) is 5.73 Å². The Bertz CT molecular complexity index is 662. The average molecular weight is 280 g/mol. The van der Waals surface area contributed by atoms with Crippen molar-refractivity contribution in [1.82, 2.24) is 0 Å². The van der Waals surface area contributed by atoms with E-state index in [-0.39, 0.29) is 5.91 Å². The van der Waals surface area contributed by atoms with Crippen LogP contribution in [0.1, 0.15) is 41.5 Å². The maximum atomic E-state index is 11.9. The van der Waals surface area contributed by atoms with Crippen molar-refractivity contribution in [3.8, 4) is 0 Å². The molecule has 21 heavy (non-hydrogen) atoms. The van der Waals surface area contributed by atoms with Gasteiger partial charge in [-0.1, -0.05) is 42.5 Å². The Labute approximate surface area is 125 Å². The molecule has 0 radical (unpaired) electrons. The molecule has 1 amide bonds. The number of nitrogens with one attached hydrogen (secondary N) is 1. The van der Waals surface area contributed by atoms with Crippen LogP contribution in [0.4, 0.5) is 5.69 Å². The lowest BCUT2D eigenvalue weighted by Gasteiger charge is -2.19. The summed E-state index contributed by atoms with van der Waals surface area (Å²) in [7, 11) is 0. The van der Waals surface area contributed by atoms with E-state index in [1.165, 1.54) is 18.4 Å². The lowest BCUT2D eigenvalue weighted by molar-refractivity contribution is -0.118. The van der Waals surface area contributed by atoms with E-state index in [1.807, 2.05) is 43.3 Å². The SMILES string of the molecule is Cc1ccccc1NC(C(N)=O)c1cccc(C2CC2)c1. The highest BCUT2D eigenvalue weighted by molar-refractivity contribution is 5.84. The summed E-state index contributed by atoms with van der Waals surface area (Å²) in [5.74, 6) is 0.308. The van der Waals surface area contributed by atoms with Crippen molar-refractivity contribution >= 4 is 11.6 Å². The standard InChI is InChI=1S/C18H20N2O/c1-12-5-2-3-8-16(12)20-17(18(19)21)15-7-4-6-14(11-15)13-9-10-13/h2-8,11,13,17,20H,9-10H2,1H3,(H2,19,21). The summed E-state index contributed by atoms with van der Waals surface area (Å²) in [4.78, 5) is 11.9. The molecule has 2 aromatic rings. The van der Waals surface area contributed by atoms with Crippen molar-refractivity contribution in [3.63, 3.8) is 0 Å². The summed E-state index contributed by atoms with van der Waals surface area (Å²) >= 11 is 0. The van der Waals surface area contributed by atoms with E-state index in [2.05, 4.69) is 17.4 Å². The molecule has 0 spiro atoms. The lowest BCUT2D eigenvalue weighted by Crippen LogP contribution is -2.28. The highest BCUT2D eigenvalue weighted by Gasteiger charge is 2.25. The molecule has 3 heteroatoms. The number of carbonyl (C=O) groups excluding carboxylic acids is 1. The van der Waals surface area contributed by atoms with Gasteiger partial charge >= 0.3 is 0 Å². The maximum absolute atomic E-state index is 11.9. The van der Waals surface area contributed by atoms with E-state index in [1.54, 1.807) is 0 Å². The fraction of sp³-hybridized carbons (Fsp3) is 0.278. The Morgan fingerprint density at radius 3 is 2.62 bits per heavy atom.